The fraction of sp³-hybridized carbons (Fsp3) is 0.533. The Bertz CT molecular complexity index is 440. The van der Waals surface area contributed by atoms with Crippen molar-refractivity contribution in [2.24, 2.45) is 5.92 Å². The number of rotatable bonds is 5. The molecule has 0 radical (unpaired) electrons. The summed E-state index contributed by atoms with van der Waals surface area (Å²) in [4.78, 5) is 12.1. The van der Waals surface area contributed by atoms with E-state index in [9.17, 15) is 4.79 Å². The maximum Gasteiger partial charge on any atom is 0.251 e. The van der Waals surface area contributed by atoms with Crippen molar-refractivity contribution < 1.29 is 9.53 Å². The summed E-state index contributed by atoms with van der Waals surface area (Å²) >= 11 is 0. The molecule has 1 fully saturated rings. The Balaban J connectivity index is 1.92. The largest absolute Gasteiger partial charge is 0.494 e. The first kappa shape index (κ1) is 13.9. The Morgan fingerprint density at radius 2 is 2.37 bits per heavy atom. The van der Waals surface area contributed by atoms with Crippen molar-refractivity contribution in [3.63, 3.8) is 0 Å². The van der Waals surface area contributed by atoms with E-state index < -0.39 is 0 Å². The normalized spacial score (nSPS) is 18.3. The Morgan fingerprint density at radius 3 is 3.00 bits per heavy atom. The van der Waals surface area contributed by atoms with Gasteiger partial charge in [-0.2, -0.15) is 0 Å². The third-order valence-corrected chi connectivity index (χ3v) is 3.45. The molecule has 1 aromatic rings. The van der Waals surface area contributed by atoms with Crippen LogP contribution >= 0.6 is 0 Å². The highest BCUT2D eigenvalue weighted by Gasteiger charge is 2.16. The van der Waals surface area contributed by atoms with Gasteiger partial charge in [0.25, 0.3) is 5.91 Å². The zero-order chi connectivity index (χ0) is 13.7. The number of carbonyl (C=O) groups is 1. The summed E-state index contributed by atoms with van der Waals surface area (Å²) in [6.07, 6.45) is 1.14. The molecule has 0 aliphatic carbocycles. The van der Waals surface area contributed by atoms with E-state index in [0.29, 0.717) is 18.1 Å². The van der Waals surface area contributed by atoms with Crippen molar-refractivity contribution >= 4 is 5.91 Å². The summed E-state index contributed by atoms with van der Waals surface area (Å²) in [5, 5.41) is 6.30. The van der Waals surface area contributed by atoms with E-state index in [2.05, 4.69) is 10.6 Å². The smallest absolute Gasteiger partial charge is 0.251 e. The molecule has 1 aliphatic rings. The van der Waals surface area contributed by atoms with Crippen molar-refractivity contribution in [3.8, 4) is 5.75 Å². The molecule has 1 atom stereocenters. The van der Waals surface area contributed by atoms with Crippen LogP contribution in [0.1, 0.15) is 29.3 Å². The number of nitrogens with one attached hydrogen (secondary N) is 2. The zero-order valence-electron chi connectivity index (χ0n) is 11.7. The molecule has 0 saturated carbocycles. The maximum atomic E-state index is 12.1. The second-order valence-electron chi connectivity index (χ2n) is 4.98. The fourth-order valence-electron chi connectivity index (χ4n) is 2.34. The number of hydrogen-bond acceptors (Lipinski definition) is 3. The first-order valence-corrected chi connectivity index (χ1v) is 6.93. The predicted octanol–water partition coefficient (Wildman–Crippen LogP) is 1.73. The fourth-order valence-corrected chi connectivity index (χ4v) is 2.34. The van der Waals surface area contributed by atoms with Gasteiger partial charge in [-0.3, -0.25) is 4.79 Å². The molecule has 0 spiro atoms. The number of carbonyl (C=O) groups excluding carboxylic acids is 1. The molecule has 0 bridgehead atoms. The molecule has 1 amide bonds. The Kier molecular flexibility index (Phi) is 4.80. The lowest BCUT2D eigenvalue weighted by atomic mass is 10.1. The topological polar surface area (TPSA) is 50.4 Å². The Morgan fingerprint density at radius 1 is 1.53 bits per heavy atom. The molecule has 2 N–H and O–H groups in total. The van der Waals surface area contributed by atoms with Gasteiger partial charge < -0.3 is 15.4 Å². The molecule has 0 aromatic heterocycles. The first-order chi connectivity index (χ1) is 9.20. The van der Waals surface area contributed by atoms with E-state index in [4.69, 9.17) is 4.74 Å². The summed E-state index contributed by atoms with van der Waals surface area (Å²) in [6.45, 7) is 7.36. The molecule has 1 saturated heterocycles. The molecule has 4 heteroatoms. The van der Waals surface area contributed by atoms with Crippen LogP contribution in [-0.2, 0) is 0 Å². The Hall–Kier alpha value is -1.55. The third kappa shape index (κ3) is 3.70. The van der Waals surface area contributed by atoms with Gasteiger partial charge in [-0.15, -0.1) is 0 Å². The zero-order valence-corrected chi connectivity index (χ0v) is 11.7. The van der Waals surface area contributed by atoms with Gasteiger partial charge in [0, 0.05) is 12.1 Å². The van der Waals surface area contributed by atoms with Gasteiger partial charge in [-0.1, -0.05) is 0 Å². The molecule has 4 nitrogen and oxygen atoms in total. The van der Waals surface area contributed by atoms with Gasteiger partial charge in [0.15, 0.2) is 0 Å². The lowest BCUT2D eigenvalue weighted by Crippen LogP contribution is -2.30. The van der Waals surface area contributed by atoms with Gasteiger partial charge >= 0.3 is 0 Å². The van der Waals surface area contributed by atoms with Crippen LogP contribution in [0, 0.1) is 12.8 Å². The van der Waals surface area contributed by atoms with Crippen molar-refractivity contribution in [2.45, 2.75) is 20.3 Å². The highest BCUT2D eigenvalue weighted by atomic mass is 16.5. The van der Waals surface area contributed by atoms with Crippen molar-refractivity contribution in [1.82, 2.24) is 10.6 Å². The van der Waals surface area contributed by atoms with Crippen LogP contribution in [0.2, 0.25) is 0 Å². The molecule has 104 valence electrons. The average molecular weight is 262 g/mol. The van der Waals surface area contributed by atoms with E-state index in [-0.39, 0.29) is 5.91 Å². The molecule has 1 aromatic carbocycles. The Labute approximate surface area is 114 Å². The lowest BCUT2D eigenvalue weighted by molar-refractivity contribution is 0.0948. The highest BCUT2D eigenvalue weighted by Crippen LogP contribution is 2.19. The number of ether oxygens (including phenoxy) is 1. The second-order valence-corrected chi connectivity index (χ2v) is 4.98. The van der Waals surface area contributed by atoms with E-state index in [0.717, 1.165) is 37.4 Å². The van der Waals surface area contributed by atoms with Gasteiger partial charge in [-0.05, 0) is 63.0 Å². The summed E-state index contributed by atoms with van der Waals surface area (Å²) < 4.78 is 5.47. The van der Waals surface area contributed by atoms with Crippen LogP contribution in [0.25, 0.3) is 0 Å². The van der Waals surface area contributed by atoms with E-state index >= 15 is 0 Å². The highest BCUT2D eigenvalue weighted by molar-refractivity contribution is 5.94. The molecule has 1 heterocycles. The van der Waals surface area contributed by atoms with Gasteiger partial charge in [0.05, 0.1) is 6.61 Å². The molecule has 2 rings (SSSR count). The van der Waals surface area contributed by atoms with E-state index in [1.807, 2.05) is 32.0 Å². The van der Waals surface area contributed by atoms with Crippen LogP contribution in [0.4, 0.5) is 0 Å². The van der Waals surface area contributed by atoms with Crippen molar-refractivity contribution in [2.75, 3.05) is 26.2 Å². The maximum absolute atomic E-state index is 12.1. The minimum atomic E-state index is -0.00181. The van der Waals surface area contributed by atoms with Gasteiger partial charge in [-0.25, -0.2) is 0 Å². The summed E-state index contributed by atoms with van der Waals surface area (Å²) in [7, 11) is 0. The number of benzene rings is 1. The minimum absolute atomic E-state index is 0.00181. The van der Waals surface area contributed by atoms with Crippen molar-refractivity contribution in [3.05, 3.63) is 29.3 Å². The van der Waals surface area contributed by atoms with Crippen LogP contribution < -0.4 is 15.4 Å². The standard InChI is InChI=1S/C15H22N2O2/c1-3-19-14-5-4-13(8-11(14)2)15(18)17-10-12-6-7-16-9-12/h4-5,8,12,16H,3,6-7,9-10H2,1-2H3,(H,17,18). The SMILES string of the molecule is CCOc1ccc(C(=O)NCC2CCNC2)cc1C. The summed E-state index contributed by atoms with van der Waals surface area (Å²) in [6, 6.07) is 5.57. The number of hydrogen-bond donors (Lipinski definition) is 2. The quantitative estimate of drug-likeness (QED) is 0.849. The second kappa shape index (κ2) is 6.57. The van der Waals surface area contributed by atoms with Crippen LogP contribution in [0.15, 0.2) is 18.2 Å². The summed E-state index contributed by atoms with van der Waals surface area (Å²) in [5.74, 6) is 1.41. The van der Waals surface area contributed by atoms with E-state index in [1.165, 1.54) is 0 Å². The minimum Gasteiger partial charge on any atom is -0.494 e. The first-order valence-electron chi connectivity index (χ1n) is 6.93. The molecular weight excluding hydrogens is 240 g/mol. The predicted molar refractivity (Wildman–Crippen MR) is 75.7 cm³/mol. The van der Waals surface area contributed by atoms with Crippen LogP contribution in [0.3, 0.4) is 0 Å². The summed E-state index contributed by atoms with van der Waals surface area (Å²) in [5.41, 5.74) is 1.70. The van der Waals surface area contributed by atoms with Gasteiger partial charge in [0.2, 0.25) is 0 Å². The molecule has 1 aliphatic heterocycles. The number of amides is 1. The molecule has 1 unspecified atom stereocenters. The van der Waals surface area contributed by atoms with E-state index in [1.54, 1.807) is 0 Å². The molecular formula is C15H22N2O2. The van der Waals surface area contributed by atoms with Crippen molar-refractivity contribution in [1.29, 1.82) is 0 Å². The average Bonchev–Trinajstić information content (AvgIpc) is 2.91. The lowest BCUT2D eigenvalue weighted by Gasteiger charge is -2.12. The molecule has 19 heavy (non-hydrogen) atoms. The van der Waals surface area contributed by atoms with Crippen LogP contribution in [-0.4, -0.2) is 32.1 Å². The monoisotopic (exact) mass is 262 g/mol. The van der Waals surface area contributed by atoms with Crippen LogP contribution in [0.5, 0.6) is 5.75 Å². The number of aryl methyl sites for hydroxylation is 1. The third-order valence-electron chi connectivity index (χ3n) is 3.45. The van der Waals surface area contributed by atoms with Gasteiger partial charge in [0.1, 0.15) is 5.75 Å².